The standard InChI is InChI=1S/C24H26N2O4S/c1-17-11-12-20(13-18(17)2)16-31(28,29)25-15-19-7-6-8-21(14-19)24(27)26-22-9-4-5-10-23(22)30-3/h4-14,25H,15-16H2,1-3H3,(H,26,27). The van der Waals surface area contributed by atoms with E-state index in [0.29, 0.717) is 22.6 Å². The van der Waals surface area contributed by atoms with Crippen molar-refractivity contribution in [3.63, 3.8) is 0 Å². The number of nitrogens with one attached hydrogen (secondary N) is 2. The number of sulfonamides is 1. The Labute approximate surface area is 183 Å². The van der Waals surface area contributed by atoms with Crippen LogP contribution in [0.3, 0.4) is 0 Å². The minimum atomic E-state index is -3.52. The van der Waals surface area contributed by atoms with Crippen LogP contribution in [-0.4, -0.2) is 21.4 Å². The monoisotopic (exact) mass is 438 g/mol. The van der Waals surface area contributed by atoms with E-state index in [1.807, 2.05) is 38.1 Å². The fourth-order valence-electron chi connectivity index (χ4n) is 3.12. The first kappa shape index (κ1) is 22.5. The van der Waals surface area contributed by atoms with E-state index in [4.69, 9.17) is 4.74 Å². The molecule has 3 rings (SSSR count). The third-order valence-corrected chi connectivity index (χ3v) is 6.27. The second-order valence-corrected chi connectivity index (χ2v) is 9.16. The van der Waals surface area contributed by atoms with E-state index in [9.17, 15) is 13.2 Å². The third-order valence-electron chi connectivity index (χ3n) is 4.97. The fraction of sp³-hybridized carbons (Fsp3) is 0.208. The van der Waals surface area contributed by atoms with Gasteiger partial charge in [0.1, 0.15) is 5.75 Å². The van der Waals surface area contributed by atoms with Crippen molar-refractivity contribution in [2.45, 2.75) is 26.1 Å². The smallest absolute Gasteiger partial charge is 0.255 e. The van der Waals surface area contributed by atoms with Crippen molar-refractivity contribution in [1.29, 1.82) is 0 Å². The van der Waals surface area contributed by atoms with Crippen LogP contribution in [0.1, 0.15) is 32.6 Å². The Morgan fingerprint density at radius 2 is 1.68 bits per heavy atom. The number of aryl methyl sites for hydroxylation is 2. The van der Waals surface area contributed by atoms with E-state index >= 15 is 0 Å². The van der Waals surface area contributed by atoms with Gasteiger partial charge in [-0.25, -0.2) is 13.1 Å². The highest BCUT2D eigenvalue weighted by atomic mass is 32.2. The van der Waals surface area contributed by atoms with Gasteiger partial charge in [0.2, 0.25) is 10.0 Å². The van der Waals surface area contributed by atoms with Crippen LogP contribution in [-0.2, 0) is 22.3 Å². The summed E-state index contributed by atoms with van der Waals surface area (Å²) in [4.78, 5) is 12.6. The van der Waals surface area contributed by atoms with E-state index < -0.39 is 10.0 Å². The van der Waals surface area contributed by atoms with Gasteiger partial charge in [-0.2, -0.15) is 0 Å². The topological polar surface area (TPSA) is 84.5 Å². The predicted octanol–water partition coefficient (Wildman–Crippen LogP) is 4.18. The molecule has 6 nitrogen and oxygen atoms in total. The molecule has 0 unspecified atom stereocenters. The van der Waals surface area contributed by atoms with E-state index in [-0.39, 0.29) is 18.2 Å². The maximum absolute atomic E-state index is 12.6. The van der Waals surface area contributed by atoms with Crippen molar-refractivity contribution in [2.24, 2.45) is 0 Å². The number of ether oxygens (including phenoxy) is 1. The summed E-state index contributed by atoms with van der Waals surface area (Å²) in [5.74, 6) is 0.165. The maximum Gasteiger partial charge on any atom is 0.255 e. The Balaban J connectivity index is 1.65. The molecule has 3 aromatic rings. The van der Waals surface area contributed by atoms with Crippen molar-refractivity contribution < 1.29 is 17.9 Å². The average Bonchev–Trinajstić information content (AvgIpc) is 2.75. The van der Waals surface area contributed by atoms with Crippen molar-refractivity contribution in [3.8, 4) is 5.75 Å². The lowest BCUT2D eigenvalue weighted by atomic mass is 10.1. The predicted molar refractivity (Wildman–Crippen MR) is 123 cm³/mol. The van der Waals surface area contributed by atoms with Crippen LogP contribution in [0, 0.1) is 13.8 Å². The van der Waals surface area contributed by atoms with Crippen LogP contribution < -0.4 is 14.8 Å². The lowest BCUT2D eigenvalue weighted by Gasteiger charge is -2.11. The minimum Gasteiger partial charge on any atom is -0.495 e. The second kappa shape index (κ2) is 9.76. The zero-order valence-electron chi connectivity index (χ0n) is 17.8. The van der Waals surface area contributed by atoms with Crippen LogP contribution in [0.4, 0.5) is 5.69 Å². The van der Waals surface area contributed by atoms with Crippen LogP contribution in [0.15, 0.2) is 66.7 Å². The summed E-state index contributed by atoms with van der Waals surface area (Å²) in [6.07, 6.45) is 0. The molecular weight excluding hydrogens is 412 g/mol. The quantitative estimate of drug-likeness (QED) is 0.552. The van der Waals surface area contributed by atoms with Crippen LogP contribution in [0.5, 0.6) is 5.75 Å². The number of rotatable bonds is 8. The molecule has 0 aromatic heterocycles. The van der Waals surface area contributed by atoms with Gasteiger partial charge in [0, 0.05) is 12.1 Å². The number of hydrogen-bond acceptors (Lipinski definition) is 4. The van der Waals surface area contributed by atoms with Gasteiger partial charge in [-0.05, 0) is 60.4 Å². The largest absolute Gasteiger partial charge is 0.495 e. The molecule has 0 atom stereocenters. The molecule has 2 N–H and O–H groups in total. The first-order valence-corrected chi connectivity index (χ1v) is 11.5. The molecule has 7 heteroatoms. The summed E-state index contributed by atoms with van der Waals surface area (Å²) in [6.45, 7) is 4.05. The van der Waals surface area contributed by atoms with Crippen molar-refractivity contribution in [3.05, 3.63) is 94.5 Å². The van der Waals surface area contributed by atoms with Gasteiger partial charge >= 0.3 is 0 Å². The highest BCUT2D eigenvalue weighted by molar-refractivity contribution is 7.88. The van der Waals surface area contributed by atoms with E-state index in [0.717, 1.165) is 16.7 Å². The number of anilines is 1. The van der Waals surface area contributed by atoms with Crippen LogP contribution in [0.2, 0.25) is 0 Å². The Morgan fingerprint density at radius 3 is 2.42 bits per heavy atom. The SMILES string of the molecule is COc1ccccc1NC(=O)c1cccc(CNS(=O)(=O)Cc2ccc(C)c(C)c2)c1. The normalized spacial score (nSPS) is 11.2. The van der Waals surface area contributed by atoms with Crippen molar-refractivity contribution >= 4 is 21.6 Å². The van der Waals surface area contributed by atoms with Gasteiger partial charge < -0.3 is 10.1 Å². The Bertz CT molecular complexity index is 1190. The van der Waals surface area contributed by atoms with E-state index in [1.54, 1.807) is 42.5 Å². The second-order valence-electron chi connectivity index (χ2n) is 7.35. The number of amides is 1. The van der Waals surface area contributed by atoms with Crippen molar-refractivity contribution in [1.82, 2.24) is 4.72 Å². The third kappa shape index (κ3) is 6.16. The van der Waals surface area contributed by atoms with E-state index in [1.165, 1.54) is 7.11 Å². The molecule has 1 amide bonds. The molecule has 0 saturated carbocycles. The van der Waals surface area contributed by atoms with Gasteiger partial charge in [-0.15, -0.1) is 0 Å². The van der Waals surface area contributed by atoms with Gasteiger partial charge in [0.05, 0.1) is 18.6 Å². The molecule has 0 aliphatic heterocycles. The number of para-hydroxylation sites is 2. The molecule has 31 heavy (non-hydrogen) atoms. The van der Waals surface area contributed by atoms with Crippen LogP contribution >= 0.6 is 0 Å². The molecule has 162 valence electrons. The lowest BCUT2D eigenvalue weighted by molar-refractivity contribution is 0.102. The van der Waals surface area contributed by atoms with Crippen LogP contribution in [0.25, 0.3) is 0 Å². The lowest BCUT2D eigenvalue weighted by Crippen LogP contribution is -2.25. The molecule has 0 aliphatic rings. The Kier molecular flexibility index (Phi) is 7.09. The van der Waals surface area contributed by atoms with Gasteiger partial charge in [-0.3, -0.25) is 4.79 Å². The highest BCUT2D eigenvalue weighted by Gasteiger charge is 2.14. The first-order chi connectivity index (χ1) is 14.8. The number of hydrogen-bond donors (Lipinski definition) is 2. The van der Waals surface area contributed by atoms with Gasteiger partial charge in [0.25, 0.3) is 5.91 Å². The first-order valence-electron chi connectivity index (χ1n) is 9.84. The number of methoxy groups -OCH3 is 1. The van der Waals surface area contributed by atoms with E-state index in [2.05, 4.69) is 10.0 Å². The molecule has 0 heterocycles. The summed E-state index contributed by atoms with van der Waals surface area (Å²) >= 11 is 0. The van der Waals surface area contributed by atoms with Gasteiger partial charge in [0.15, 0.2) is 0 Å². The number of carbonyl (C=O) groups is 1. The molecule has 0 radical (unpaired) electrons. The molecule has 0 bridgehead atoms. The summed E-state index contributed by atoms with van der Waals surface area (Å²) in [7, 11) is -1.98. The zero-order valence-corrected chi connectivity index (χ0v) is 18.6. The number of carbonyl (C=O) groups excluding carboxylic acids is 1. The fourth-order valence-corrected chi connectivity index (χ4v) is 4.23. The summed E-state index contributed by atoms with van der Waals surface area (Å²) in [5.41, 5.74) is 4.60. The molecular formula is C24H26N2O4S. The summed E-state index contributed by atoms with van der Waals surface area (Å²) in [5, 5.41) is 2.82. The Hall–Kier alpha value is -3.16. The highest BCUT2D eigenvalue weighted by Crippen LogP contribution is 2.23. The van der Waals surface area contributed by atoms with Crippen molar-refractivity contribution in [2.75, 3.05) is 12.4 Å². The summed E-state index contributed by atoms with van der Waals surface area (Å²) < 4.78 is 32.9. The number of benzene rings is 3. The summed E-state index contributed by atoms with van der Waals surface area (Å²) in [6, 6.07) is 19.6. The molecule has 0 aliphatic carbocycles. The molecule has 0 spiro atoms. The zero-order chi connectivity index (χ0) is 22.4. The average molecular weight is 439 g/mol. The van der Waals surface area contributed by atoms with Gasteiger partial charge in [-0.1, -0.05) is 42.5 Å². The maximum atomic E-state index is 12.6. The molecule has 0 fully saturated rings. The molecule has 0 saturated heterocycles. The molecule has 3 aromatic carbocycles. The Morgan fingerprint density at radius 1 is 0.903 bits per heavy atom. The minimum absolute atomic E-state index is 0.0951.